The molecular formula is C17H15ClN2O3S. The molecule has 0 radical (unpaired) electrons. The van der Waals surface area contributed by atoms with Gasteiger partial charge in [-0.15, -0.1) is 0 Å². The van der Waals surface area contributed by atoms with Crippen LogP contribution in [0.1, 0.15) is 17.2 Å². The first-order valence-electron chi connectivity index (χ1n) is 7.39. The van der Waals surface area contributed by atoms with Gasteiger partial charge in [-0.05, 0) is 29.8 Å². The van der Waals surface area contributed by atoms with Crippen LogP contribution in [0.5, 0.6) is 0 Å². The molecule has 1 heterocycles. The lowest BCUT2D eigenvalue weighted by molar-refractivity contribution is -0.00255. The van der Waals surface area contributed by atoms with Crippen LogP contribution in [-0.2, 0) is 14.8 Å². The normalized spacial score (nSPS) is 18.9. The van der Waals surface area contributed by atoms with Gasteiger partial charge >= 0.3 is 0 Å². The lowest BCUT2D eigenvalue weighted by atomic mass is 10.1. The van der Waals surface area contributed by atoms with Gasteiger partial charge in [0.05, 0.1) is 23.2 Å². The zero-order valence-corrected chi connectivity index (χ0v) is 14.3. The van der Waals surface area contributed by atoms with Crippen molar-refractivity contribution in [3.05, 3.63) is 64.7 Å². The van der Waals surface area contributed by atoms with Gasteiger partial charge in [0.1, 0.15) is 6.07 Å². The van der Waals surface area contributed by atoms with Gasteiger partial charge in [0, 0.05) is 18.1 Å². The second kappa shape index (κ2) is 6.91. The first-order valence-corrected chi connectivity index (χ1v) is 9.20. The monoisotopic (exact) mass is 362 g/mol. The second-order valence-corrected chi connectivity index (χ2v) is 7.72. The van der Waals surface area contributed by atoms with E-state index in [1.807, 2.05) is 18.2 Å². The Bertz CT molecular complexity index is 875. The van der Waals surface area contributed by atoms with Gasteiger partial charge in [0.25, 0.3) is 0 Å². The van der Waals surface area contributed by atoms with Gasteiger partial charge in [-0.2, -0.15) is 9.57 Å². The van der Waals surface area contributed by atoms with Crippen LogP contribution in [0.25, 0.3) is 0 Å². The Morgan fingerprint density at radius 3 is 2.58 bits per heavy atom. The number of hydrogen-bond donors (Lipinski definition) is 0. The zero-order chi connectivity index (χ0) is 17.2. The molecule has 0 bridgehead atoms. The van der Waals surface area contributed by atoms with Crippen molar-refractivity contribution in [3.8, 4) is 6.07 Å². The molecular weight excluding hydrogens is 348 g/mol. The van der Waals surface area contributed by atoms with Gasteiger partial charge in [0.2, 0.25) is 10.0 Å². The van der Waals surface area contributed by atoms with E-state index in [0.717, 1.165) is 5.56 Å². The summed E-state index contributed by atoms with van der Waals surface area (Å²) < 4.78 is 32.9. The molecule has 1 aliphatic heterocycles. The Kier molecular flexibility index (Phi) is 4.88. The highest BCUT2D eigenvalue weighted by Gasteiger charge is 2.32. The summed E-state index contributed by atoms with van der Waals surface area (Å²) in [6, 6.07) is 15.3. The third-order valence-corrected chi connectivity index (χ3v) is 6.07. The highest BCUT2D eigenvalue weighted by Crippen LogP contribution is 2.28. The number of hydrogen-bond acceptors (Lipinski definition) is 4. The van der Waals surface area contributed by atoms with Crippen LogP contribution in [0.3, 0.4) is 0 Å². The minimum absolute atomic E-state index is 0.0317. The van der Waals surface area contributed by atoms with Crippen molar-refractivity contribution in [1.29, 1.82) is 5.26 Å². The number of nitriles is 1. The van der Waals surface area contributed by atoms with Crippen molar-refractivity contribution in [2.75, 3.05) is 19.7 Å². The van der Waals surface area contributed by atoms with Crippen LogP contribution in [0.15, 0.2) is 53.4 Å². The molecule has 2 aromatic rings. The fourth-order valence-electron chi connectivity index (χ4n) is 2.65. The molecule has 1 fully saturated rings. The van der Waals surface area contributed by atoms with Crippen molar-refractivity contribution in [3.63, 3.8) is 0 Å². The minimum atomic E-state index is -3.75. The number of rotatable bonds is 3. The van der Waals surface area contributed by atoms with E-state index >= 15 is 0 Å². The molecule has 5 nitrogen and oxygen atoms in total. The maximum atomic E-state index is 12.9. The summed E-state index contributed by atoms with van der Waals surface area (Å²) in [5.41, 5.74) is 1.01. The largest absolute Gasteiger partial charge is 0.371 e. The summed E-state index contributed by atoms with van der Waals surface area (Å²) in [6.45, 7) is 0.747. The number of ether oxygens (including phenoxy) is 1. The Morgan fingerprint density at radius 1 is 1.17 bits per heavy atom. The van der Waals surface area contributed by atoms with Gasteiger partial charge in [-0.1, -0.05) is 35.9 Å². The standard InChI is InChI=1S/C17H15ClN2O3S/c18-15-7-5-13(6-8-15)16-12-20(9-10-23-16)24(21,22)17-4-2-1-3-14(17)11-19/h1-8,16H,9-10,12H2. The fourth-order valence-corrected chi connectivity index (χ4v) is 4.34. The summed E-state index contributed by atoms with van der Waals surface area (Å²) >= 11 is 5.89. The van der Waals surface area contributed by atoms with Crippen molar-refractivity contribution in [2.45, 2.75) is 11.0 Å². The maximum Gasteiger partial charge on any atom is 0.244 e. The molecule has 0 aliphatic carbocycles. The molecule has 7 heteroatoms. The summed E-state index contributed by atoms with van der Waals surface area (Å²) in [7, 11) is -3.75. The van der Waals surface area contributed by atoms with Gasteiger partial charge < -0.3 is 4.74 Å². The molecule has 124 valence electrons. The molecule has 0 saturated carbocycles. The molecule has 0 amide bonds. The Balaban J connectivity index is 1.89. The highest BCUT2D eigenvalue weighted by atomic mass is 35.5. The van der Waals surface area contributed by atoms with E-state index in [4.69, 9.17) is 21.6 Å². The second-order valence-electron chi connectivity index (χ2n) is 5.38. The van der Waals surface area contributed by atoms with Gasteiger partial charge in [-0.3, -0.25) is 0 Å². The topological polar surface area (TPSA) is 70.4 Å². The predicted octanol–water partition coefficient (Wildman–Crippen LogP) is 2.97. The van der Waals surface area contributed by atoms with Crippen molar-refractivity contribution in [2.24, 2.45) is 0 Å². The number of morpholine rings is 1. The highest BCUT2D eigenvalue weighted by molar-refractivity contribution is 7.89. The maximum absolute atomic E-state index is 12.9. The van der Waals surface area contributed by atoms with E-state index in [1.165, 1.54) is 16.4 Å². The molecule has 24 heavy (non-hydrogen) atoms. The number of halogens is 1. The van der Waals surface area contributed by atoms with Crippen LogP contribution in [0.4, 0.5) is 0 Å². The zero-order valence-electron chi connectivity index (χ0n) is 12.7. The summed E-state index contributed by atoms with van der Waals surface area (Å²) in [5, 5.41) is 9.78. The lowest BCUT2D eigenvalue weighted by Crippen LogP contribution is -2.42. The lowest BCUT2D eigenvalue weighted by Gasteiger charge is -2.32. The van der Waals surface area contributed by atoms with E-state index in [9.17, 15) is 8.42 Å². The number of nitrogens with zero attached hydrogens (tertiary/aromatic N) is 2. The molecule has 0 spiro atoms. The van der Waals surface area contributed by atoms with E-state index < -0.39 is 10.0 Å². The minimum Gasteiger partial charge on any atom is -0.371 e. The van der Waals surface area contributed by atoms with Gasteiger partial charge in [0.15, 0.2) is 0 Å². The number of sulfonamides is 1. The smallest absolute Gasteiger partial charge is 0.244 e. The predicted molar refractivity (Wildman–Crippen MR) is 90.1 cm³/mol. The molecule has 0 aromatic heterocycles. The van der Waals surface area contributed by atoms with Crippen LogP contribution in [-0.4, -0.2) is 32.4 Å². The first-order chi connectivity index (χ1) is 11.5. The van der Waals surface area contributed by atoms with Gasteiger partial charge in [-0.25, -0.2) is 8.42 Å². The Morgan fingerprint density at radius 2 is 1.88 bits per heavy atom. The van der Waals surface area contributed by atoms with E-state index in [-0.39, 0.29) is 29.7 Å². The van der Waals surface area contributed by atoms with Crippen LogP contribution >= 0.6 is 11.6 Å². The number of benzene rings is 2. The Labute approximate surface area is 146 Å². The molecule has 0 N–H and O–H groups in total. The Hall–Kier alpha value is -1.91. The van der Waals surface area contributed by atoms with Crippen LogP contribution in [0.2, 0.25) is 5.02 Å². The van der Waals surface area contributed by atoms with E-state index in [2.05, 4.69) is 0 Å². The fraction of sp³-hybridized carbons (Fsp3) is 0.235. The summed E-state index contributed by atoms with van der Waals surface area (Å²) in [6.07, 6.45) is -0.361. The third kappa shape index (κ3) is 3.30. The quantitative estimate of drug-likeness (QED) is 0.841. The summed E-state index contributed by atoms with van der Waals surface area (Å²) in [5.74, 6) is 0. The SMILES string of the molecule is N#Cc1ccccc1S(=O)(=O)N1CCOC(c2ccc(Cl)cc2)C1. The average Bonchev–Trinajstić information content (AvgIpc) is 2.62. The first kappa shape index (κ1) is 16.9. The van der Waals surface area contributed by atoms with E-state index in [0.29, 0.717) is 11.6 Å². The molecule has 2 aromatic carbocycles. The van der Waals surface area contributed by atoms with Crippen molar-refractivity contribution in [1.82, 2.24) is 4.31 Å². The molecule has 1 atom stereocenters. The van der Waals surface area contributed by atoms with Crippen LogP contribution < -0.4 is 0 Å². The summed E-state index contributed by atoms with van der Waals surface area (Å²) in [4.78, 5) is 0.0317. The molecule has 3 rings (SSSR count). The molecule has 1 aliphatic rings. The average molecular weight is 363 g/mol. The molecule has 1 saturated heterocycles. The van der Waals surface area contributed by atoms with Crippen molar-refractivity contribution >= 4 is 21.6 Å². The van der Waals surface area contributed by atoms with Crippen molar-refractivity contribution < 1.29 is 13.2 Å². The molecule has 1 unspecified atom stereocenters. The van der Waals surface area contributed by atoms with E-state index in [1.54, 1.807) is 24.3 Å². The van der Waals surface area contributed by atoms with Crippen LogP contribution in [0, 0.1) is 11.3 Å². The third-order valence-electron chi connectivity index (χ3n) is 3.90.